The second-order valence-electron chi connectivity index (χ2n) is 20.9. The highest BCUT2D eigenvalue weighted by molar-refractivity contribution is 6.05. The number of aromatic nitrogens is 6. The van der Waals surface area contributed by atoms with Gasteiger partial charge < -0.3 is 54.6 Å². The Kier molecular flexibility index (Phi) is 15.4. The molecule has 0 aliphatic carbocycles. The Morgan fingerprint density at radius 3 is 1.84 bits per heavy atom. The fourth-order valence-corrected chi connectivity index (χ4v) is 10.2. The van der Waals surface area contributed by atoms with Crippen molar-refractivity contribution in [3.05, 3.63) is 108 Å². The molecule has 4 bridgehead atoms. The third-order valence-corrected chi connectivity index (χ3v) is 13.8. The summed E-state index contributed by atoms with van der Waals surface area (Å²) in [5, 5.41) is 6.28. The number of fused-ring (bicyclic) bond motifs is 8. The van der Waals surface area contributed by atoms with Gasteiger partial charge in [-0.25, -0.2) is 34.7 Å². The summed E-state index contributed by atoms with van der Waals surface area (Å²) >= 11 is 0. The quantitative estimate of drug-likeness (QED) is 0.115. The second kappa shape index (κ2) is 22.1. The van der Waals surface area contributed by atoms with Gasteiger partial charge in [0.15, 0.2) is 34.9 Å². The van der Waals surface area contributed by atoms with Crippen molar-refractivity contribution in [2.75, 3.05) is 83.7 Å². The first-order valence-corrected chi connectivity index (χ1v) is 26.0. The molecule has 4 saturated heterocycles. The van der Waals surface area contributed by atoms with Crippen molar-refractivity contribution >= 4 is 40.4 Å². The molecule has 4 N–H and O–H groups in total. The smallest absolute Gasteiger partial charge is 0.416 e. The number of hydrogen-bond donors (Lipinski definition) is 3. The van der Waals surface area contributed by atoms with E-state index in [4.69, 9.17) is 34.2 Å². The molecular weight excluding hydrogens is 1050 g/mol. The lowest BCUT2D eigenvalue weighted by Gasteiger charge is -2.36. The largest absolute Gasteiger partial charge is 0.475 e. The van der Waals surface area contributed by atoms with E-state index >= 15 is 0 Å². The van der Waals surface area contributed by atoms with Gasteiger partial charge in [0.25, 0.3) is 0 Å². The molecular formula is C55H60F6N12O7. The fourth-order valence-electron chi connectivity index (χ4n) is 10.2. The number of rotatable bonds is 9. The van der Waals surface area contributed by atoms with E-state index in [1.54, 1.807) is 48.4 Å². The van der Waals surface area contributed by atoms with Gasteiger partial charge >= 0.3 is 18.4 Å². The van der Waals surface area contributed by atoms with Gasteiger partial charge in [-0.05, 0) is 90.8 Å². The number of nitrogen functional groups attached to an aromatic ring is 1. The van der Waals surface area contributed by atoms with Crippen LogP contribution in [0.1, 0.15) is 63.1 Å². The normalized spacial score (nSPS) is 21.1. The summed E-state index contributed by atoms with van der Waals surface area (Å²) in [6.07, 6.45) is -4.28. The molecule has 4 atom stereocenters. The van der Waals surface area contributed by atoms with Crippen LogP contribution in [0.15, 0.2) is 85.2 Å². The van der Waals surface area contributed by atoms with Gasteiger partial charge in [0.2, 0.25) is 11.8 Å². The van der Waals surface area contributed by atoms with Crippen LogP contribution in [-0.4, -0.2) is 124 Å². The molecule has 0 spiro atoms. The van der Waals surface area contributed by atoms with Crippen LogP contribution in [0.25, 0.3) is 22.8 Å². The third kappa shape index (κ3) is 12.9. The van der Waals surface area contributed by atoms with E-state index in [1.807, 2.05) is 34.6 Å². The van der Waals surface area contributed by atoms with E-state index in [2.05, 4.69) is 50.3 Å². The molecule has 0 radical (unpaired) electrons. The molecule has 0 saturated carbocycles. The first-order valence-electron chi connectivity index (χ1n) is 26.0. The Balaban J connectivity index is 0.000000154. The molecule has 4 fully saturated rings. The van der Waals surface area contributed by atoms with Crippen LogP contribution in [0.4, 0.5) is 65.5 Å². The topological polar surface area (TPSA) is 210 Å². The minimum Gasteiger partial charge on any atom is -0.475 e. The molecule has 10 heterocycles. The summed E-state index contributed by atoms with van der Waals surface area (Å²) in [4.78, 5) is 46.0. The Morgan fingerprint density at radius 2 is 1.26 bits per heavy atom. The van der Waals surface area contributed by atoms with Gasteiger partial charge in [0.1, 0.15) is 36.8 Å². The number of urea groups is 1. The predicted molar refractivity (Wildman–Crippen MR) is 284 cm³/mol. The summed E-state index contributed by atoms with van der Waals surface area (Å²) in [5.41, 5.74) is 8.86. The van der Waals surface area contributed by atoms with Crippen molar-refractivity contribution < 1.29 is 59.6 Å². The van der Waals surface area contributed by atoms with Gasteiger partial charge in [0, 0.05) is 79.2 Å². The van der Waals surface area contributed by atoms with E-state index in [0.29, 0.717) is 97.1 Å². The molecule has 424 valence electrons. The number of carbonyl (C=O) groups excluding carboxylic acids is 1. The number of amides is 2. The van der Waals surface area contributed by atoms with Crippen molar-refractivity contribution in [2.24, 2.45) is 0 Å². The third-order valence-electron chi connectivity index (χ3n) is 13.8. The molecule has 2 amide bonds. The number of pyridine rings is 2. The lowest BCUT2D eigenvalue weighted by molar-refractivity contribution is -0.142. The number of ether oxygens (including phenoxy) is 6. The summed E-state index contributed by atoms with van der Waals surface area (Å²) < 4.78 is 112. The van der Waals surface area contributed by atoms with E-state index in [1.165, 1.54) is 24.4 Å². The SMILES string of the molecule is CC1(C)OC[C@@H](COc2cc(N)ccn2)O1.Cc1nc(-c2cccc(C(F)(F)F)c2)nc2c1N1CC[C@@H](C1)N2.Cc1nc(-c2cccc(C(F)(F)F)c2)nc2c1N1CC[C@@H](C1)N2C(=O)Nc1ccnc(OC[C@@H]2COC(C)(C)O2)c1. The summed E-state index contributed by atoms with van der Waals surface area (Å²) in [7, 11) is 0. The van der Waals surface area contributed by atoms with E-state index < -0.39 is 41.1 Å². The molecule has 6 aliphatic rings. The molecule has 6 aliphatic heterocycles. The summed E-state index contributed by atoms with van der Waals surface area (Å²) in [5.74, 6) is 1.16. The summed E-state index contributed by atoms with van der Waals surface area (Å²) in [6.45, 7) is 15.9. The standard InChI is InChI=1S/C28H29F3N6O4.C16H15F3N4.C11H16N2O3/c1-16-23-25(35-24(33-16)17-5-4-6-18(11-17)28(29,30)31)37(20-8-10-36(23)13-20)26(38)34-19-7-9-32-22(12-19)39-14-21-15-40-27(2,3)41-21;1-9-13-15(21-12-5-6-23(13)8-12)22-14(20-9)10-3-2-4-11(7-10)16(17,18)19;1-11(2)15-7-9(16-11)6-14-10-5-8(12)3-4-13-10/h4-7,9,11-12,20-21H,8,10,13-15H2,1-3H3,(H,32,34,38);2-4,7,12H,5-6,8H2,1H3,(H,20,21,22);3-5,9H,6-7H2,1-2H3,(H2,12,13)/t20-,21+;12-;9-/m001/s1. The van der Waals surface area contributed by atoms with Crippen molar-refractivity contribution in [1.29, 1.82) is 0 Å². The number of nitrogens with two attached hydrogens (primary N) is 1. The van der Waals surface area contributed by atoms with Crippen LogP contribution in [-0.2, 0) is 31.3 Å². The molecule has 4 aromatic heterocycles. The van der Waals surface area contributed by atoms with Crippen molar-refractivity contribution in [1.82, 2.24) is 29.9 Å². The number of nitrogens with zero attached hydrogens (tertiary/aromatic N) is 9. The van der Waals surface area contributed by atoms with Crippen LogP contribution in [0, 0.1) is 13.8 Å². The highest BCUT2D eigenvalue weighted by Crippen LogP contribution is 2.43. The first-order chi connectivity index (χ1) is 37.9. The average molecular weight is 1120 g/mol. The van der Waals surface area contributed by atoms with Gasteiger partial charge in [-0.1, -0.05) is 24.3 Å². The zero-order chi connectivity index (χ0) is 56.7. The Bertz CT molecular complexity index is 3240. The van der Waals surface area contributed by atoms with Gasteiger partial charge in [0.05, 0.1) is 41.8 Å². The number of nitrogens with one attached hydrogen (secondary N) is 2. The maximum atomic E-state index is 13.7. The number of carbonyl (C=O) groups is 1. The van der Waals surface area contributed by atoms with Gasteiger partial charge in [-0.15, -0.1) is 0 Å². The first kappa shape index (κ1) is 55.7. The number of halogens is 6. The minimum absolute atomic E-state index is 0.0572. The van der Waals surface area contributed by atoms with Crippen molar-refractivity contribution in [3.63, 3.8) is 0 Å². The minimum atomic E-state index is -4.50. The van der Waals surface area contributed by atoms with Crippen LogP contribution in [0.5, 0.6) is 11.8 Å². The number of anilines is 6. The lowest BCUT2D eigenvalue weighted by atomic mass is 10.1. The molecule has 19 nitrogen and oxygen atoms in total. The van der Waals surface area contributed by atoms with Crippen molar-refractivity contribution in [2.45, 2.75) is 103 Å². The predicted octanol–water partition coefficient (Wildman–Crippen LogP) is 9.70. The molecule has 12 rings (SSSR count). The van der Waals surface area contributed by atoms with Crippen LogP contribution < -0.4 is 40.5 Å². The van der Waals surface area contributed by atoms with Crippen LogP contribution in [0.2, 0.25) is 0 Å². The average Bonchev–Trinajstić information content (AvgIpc) is 4.37. The van der Waals surface area contributed by atoms with E-state index in [9.17, 15) is 31.1 Å². The highest BCUT2D eigenvalue weighted by Gasteiger charge is 2.43. The number of benzene rings is 2. The van der Waals surface area contributed by atoms with Gasteiger partial charge in [-0.3, -0.25) is 4.90 Å². The van der Waals surface area contributed by atoms with Gasteiger partial charge in [-0.2, -0.15) is 26.3 Å². The lowest BCUT2D eigenvalue weighted by Crippen LogP contribution is -2.48. The Hall–Kier alpha value is -7.61. The second-order valence-corrected chi connectivity index (χ2v) is 20.9. The monoisotopic (exact) mass is 1110 g/mol. The maximum Gasteiger partial charge on any atom is 0.416 e. The molecule has 25 heteroatoms. The Morgan fingerprint density at radius 1 is 0.713 bits per heavy atom. The number of aryl methyl sites for hydroxylation is 2. The number of alkyl halides is 6. The van der Waals surface area contributed by atoms with E-state index in [-0.39, 0.29) is 36.2 Å². The molecule has 2 aromatic carbocycles. The zero-order valence-electron chi connectivity index (χ0n) is 44.7. The Labute approximate surface area is 457 Å². The van der Waals surface area contributed by atoms with Crippen LogP contribution in [0.3, 0.4) is 0 Å². The van der Waals surface area contributed by atoms with Crippen LogP contribution >= 0.6 is 0 Å². The number of hydrogen-bond acceptors (Lipinski definition) is 17. The highest BCUT2D eigenvalue weighted by atomic mass is 19.4. The fraction of sp³-hybridized carbons (Fsp3) is 0.436. The van der Waals surface area contributed by atoms with E-state index in [0.717, 1.165) is 61.0 Å². The maximum absolute atomic E-state index is 13.7. The molecule has 80 heavy (non-hydrogen) atoms. The molecule has 6 aromatic rings. The summed E-state index contributed by atoms with van der Waals surface area (Å²) in [6, 6.07) is 16.4. The van der Waals surface area contributed by atoms with Crippen molar-refractivity contribution in [3.8, 4) is 34.5 Å². The zero-order valence-corrected chi connectivity index (χ0v) is 44.7. The molecule has 0 unspecified atom stereocenters.